The highest BCUT2D eigenvalue weighted by atomic mass is 16.7. The van der Waals surface area contributed by atoms with Crippen LogP contribution in [0.2, 0.25) is 0 Å². The molecule has 45 heavy (non-hydrogen) atoms. The van der Waals surface area contributed by atoms with Crippen LogP contribution in [0.3, 0.4) is 0 Å². The number of benzene rings is 5. The van der Waals surface area contributed by atoms with Crippen molar-refractivity contribution in [2.75, 3.05) is 25.5 Å². The summed E-state index contributed by atoms with van der Waals surface area (Å²) < 4.78 is 13.4. The fraction of sp³-hybridized carbons (Fsp3) is 0.289. The second-order valence-electron chi connectivity index (χ2n) is 11.9. The van der Waals surface area contributed by atoms with Gasteiger partial charge in [0.1, 0.15) is 0 Å². The molecule has 0 aromatic heterocycles. The van der Waals surface area contributed by atoms with Gasteiger partial charge in [-0.05, 0) is 70.4 Å². The molecule has 1 aliphatic rings. The van der Waals surface area contributed by atoms with Crippen molar-refractivity contribution in [1.82, 2.24) is 10.2 Å². The Morgan fingerprint density at radius 3 is 2.20 bits per heavy atom. The van der Waals surface area contributed by atoms with Crippen LogP contribution < -0.4 is 10.6 Å². The lowest BCUT2D eigenvalue weighted by molar-refractivity contribution is -0.276. The van der Waals surface area contributed by atoms with E-state index in [1.807, 2.05) is 55.5 Å². The van der Waals surface area contributed by atoms with Crippen LogP contribution in [0.1, 0.15) is 48.5 Å². The number of carbonyl (C=O) groups excluding carboxylic acids is 1. The van der Waals surface area contributed by atoms with Gasteiger partial charge >= 0.3 is 6.03 Å². The molecule has 5 aromatic rings. The maximum Gasteiger partial charge on any atom is 0.319 e. The number of anilines is 1. The zero-order valence-corrected chi connectivity index (χ0v) is 26.1. The third-order valence-electron chi connectivity index (χ3n) is 8.68. The average molecular weight is 604 g/mol. The normalized spacial score (nSPS) is 20.0. The highest BCUT2D eigenvalue weighted by molar-refractivity contribution is 6.02. The summed E-state index contributed by atoms with van der Waals surface area (Å²) in [7, 11) is 2.15. The number of carbonyl (C=O) groups is 1. The van der Waals surface area contributed by atoms with E-state index in [0.717, 1.165) is 23.2 Å². The van der Waals surface area contributed by atoms with E-state index in [0.29, 0.717) is 18.8 Å². The first-order chi connectivity index (χ1) is 21.9. The van der Waals surface area contributed by atoms with Gasteiger partial charge in [-0.15, -0.1) is 0 Å². The zero-order chi connectivity index (χ0) is 31.3. The van der Waals surface area contributed by atoms with E-state index in [1.54, 1.807) is 0 Å². The van der Waals surface area contributed by atoms with Gasteiger partial charge in [0.15, 0.2) is 6.29 Å². The summed E-state index contributed by atoms with van der Waals surface area (Å²) in [5.74, 6) is 0.0459. The van der Waals surface area contributed by atoms with Gasteiger partial charge in [-0.25, -0.2) is 4.79 Å². The van der Waals surface area contributed by atoms with Crippen LogP contribution in [0.15, 0.2) is 103 Å². The third kappa shape index (κ3) is 6.87. The van der Waals surface area contributed by atoms with Crippen LogP contribution >= 0.6 is 0 Å². The topological polar surface area (TPSA) is 83.1 Å². The summed E-state index contributed by atoms with van der Waals surface area (Å²) in [6, 6.07) is 34.8. The SMILES string of the molecule is CCNC(=O)Nc1cccc(C2O[C@H](CN(C)Cc3c4ccccc4cc4ccccc34)[C@H](C)[C@H](c3ccc(CO)cc3)O2)c1. The number of hydrogen-bond acceptors (Lipinski definition) is 5. The highest BCUT2D eigenvalue weighted by Crippen LogP contribution is 2.42. The van der Waals surface area contributed by atoms with Crippen molar-refractivity contribution in [2.45, 2.75) is 45.5 Å². The summed E-state index contributed by atoms with van der Waals surface area (Å²) in [6.07, 6.45) is -0.998. The number of urea groups is 1. The lowest BCUT2D eigenvalue weighted by Crippen LogP contribution is -2.43. The number of aliphatic hydroxyl groups excluding tert-OH is 1. The molecule has 6 rings (SSSR count). The maximum absolute atomic E-state index is 12.2. The Morgan fingerprint density at radius 2 is 1.53 bits per heavy atom. The predicted octanol–water partition coefficient (Wildman–Crippen LogP) is 7.55. The number of hydrogen-bond donors (Lipinski definition) is 3. The summed E-state index contributed by atoms with van der Waals surface area (Å²) in [6.45, 7) is 6.06. The summed E-state index contributed by atoms with van der Waals surface area (Å²) in [4.78, 5) is 14.6. The Balaban J connectivity index is 1.29. The van der Waals surface area contributed by atoms with Gasteiger partial charge in [0, 0.05) is 36.8 Å². The Labute approximate surface area is 264 Å². The number of aliphatic hydroxyl groups is 1. The standard InChI is InChI=1S/C38H41N3O4/c1-4-39-38(43)40-31-13-9-12-30(21-31)37-44-35(25(2)36(45-37)27-18-16-26(24-42)17-19-27)23-41(3)22-34-32-14-7-5-10-28(32)20-29-11-6-8-15-33(29)34/h5-21,25,35-37,42H,4,22-24H2,1-3H3,(H2,39,40,43)/t25-,35+,36+,37?/m0/s1. The van der Waals surface area contributed by atoms with Crippen LogP contribution in [0.4, 0.5) is 10.5 Å². The number of nitrogens with one attached hydrogen (secondary N) is 2. The Bertz CT molecular complexity index is 1720. The van der Waals surface area contributed by atoms with E-state index in [2.05, 4.69) is 84.1 Å². The fourth-order valence-corrected chi connectivity index (χ4v) is 6.35. The average Bonchev–Trinajstić information content (AvgIpc) is 3.06. The van der Waals surface area contributed by atoms with Crippen molar-refractivity contribution in [2.24, 2.45) is 5.92 Å². The minimum absolute atomic E-state index is 0.00519. The first-order valence-electron chi connectivity index (χ1n) is 15.7. The summed E-state index contributed by atoms with van der Waals surface area (Å²) in [5, 5.41) is 20.3. The van der Waals surface area contributed by atoms with Crippen LogP contribution in [-0.4, -0.2) is 42.3 Å². The van der Waals surface area contributed by atoms with Crippen molar-refractivity contribution >= 4 is 33.3 Å². The van der Waals surface area contributed by atoms with E-state index >= 15 is 0 Å². The molecule has 0 spiro atoms. The summed E-state index contributed by atoms with van der Waals surface area (Å²) >= 11 is 0. The van der Waals surface area contributed by atoms with Crippen LogP contribution in [0.5, 0.6) is 0 Å². The molecule has 1 heterocycles. The highest BCUT2D eigenvalue weighted by Gasteiger charge is 2.39. The largest absolute Gasteiger partial charge is 0.392 e. The number of amides is 2. The molecular weight excluding hydrogens is 562 g/mol. The molecule has 232 valence electrons. The Kier molecular flexibility index (Phi) is 9.42. The van der Waals surface area contributed by atoms with Crippen molar-refractivity contribution in [3.8, 4) is 0 Å². The number of fused-ring (bicyclic) bond motifs is 2. The predicted molar refractivity (Wildman–Crippen MR) is 180 cm³/mol. The van der Waals surface area contributed by atoms with Gasteiger partial charge in [-0.3, -0.25) is 4.90 Å². The molecule has 0 radical (unpaired) electrons. The van der Waals surface area contributed by atoms with Gasteiger partial charge in [-0.1, -0.05) is 91.9 Å². The fourth-order valence-electron chi connectivity index (χ4n) is 6.35. The Morgan fingerprint density at radius 1 is 0.844 bits per heavy atom. The molecule has 5 aromatic carbocycles. The molecular formula is C38H41N3O4. The smallest absolute Gasteiger partial charge is 0.319 e. The van der Waals surface area contributed by atoms with Crippen molar-refractivity contribution < 1.29 is 19.4 Å². The molecule has 4 atom stereocenters. The van der Waals surface area contributed by atoms with Crippen molar-refractivity contribution in [3.05, 3.63) is 125 Å². The number of rotatable bonds is 9. The molecule has 3 N–H and O–H groups in total. The van der Waals surface area contributed by atoms with E-state index in [1.165, 1.54) is 27.1 Å². The third-order valence-corrected chi connectivity index (χ3v) is 8.68. The monoisotopic (exact) mass is 603 g/mol. The van der Waals surface area contributed by atoms with Gasteiger partial charge in [0.05, 0.1) is 18.8 Å². The number of nitrogens with zero attached hydrogens (tertiary/aromatic N) is 1. The van der Waals surface area contributed by atoms with E-state index < -0.39 is 6.29 Å². The van der Waals surface area contributed by atoms with Gasteiger partial charge in [-0.2, -0.15) is 0 Å². The van der Waals surface area contributed by atoms with Gasteiger partial charge in [0.25, 0.3) is 0 Å². The van der Waals surface area contributed by atoms with Gasteiger partial charge in [0.2, 0.25) is 0 Å². The quantitative estimate of drug-likeness (QED) is 0.152. The second-order valence-corrected chi connectivity index (χ2v) is 11.9. The van der Waals surface area contributed by atoms with Gasteiger partial charge < -0.3 is 25.2 Å². The van der Waals surface area contributed by atoms with Crippen molar-refractivity contribution in [3.63, 3.8) is 0 Å². The lowest BCUT2D eigenvalue weighted by atomic mass is 9.89. The molecule has 2 amide bonds. The molecule has 0 saturated carbocycles. The molecule has 1 saturated heterocycles. The first-order valence-corrected chi connectivity index (χ1v) is 15.7. The summed E-state index contributed by atoms with van der Waals surface area (Å²) in [5.41, 5.74) is 4.71. The molecule has 1 unspecified atom stereocenters. The van der Waals surface area contributed by atoms with E-state index in [9.17, 15) is 9.90 Å². The minimum Gasteiger partial charge on any atom is -0.392 e. The number of ether oxygens (including phenoxy) is 2. The van der Waals surface area contributed by atoms with E-state index in [-0.39, 0.29) is 30.8 Å². The molecule has 1 fully saturated rings. The lowest BCUT2D eigenvalue weighted by Gasteiger charge is -2.42. The van der Waals surface area contributed by atoms with Crippen LogP contribution in [0, 0.1) is 5.92 Å². The van der Waals surface area contributed by atoms with Crippen LogP contribution in [-0.2, 0) is 22.6 Å². The van der Waals surface area contributed by atoms with Crippen LogP contribution in [0.25, 0.3) is 21.5 Å². The van der Waals surface area contributed by atoms with E-state index in [4.69, 9.17) is 9.47 Å². The number of likely N-dealkylation sites (N-methyl/N-ethyl adjacent to an activating group) is 1. The molecule has 0 aliphatic carbocycles. The molecule has 1 aliphatic heterocycles. The van der Waals surface area contributed by atoms with Crippen molar-refractivity contribution in [1.29, 1.82) is 0 Å². The first kappa shape index (κ1) is 30.7. The second kappa shape index (κ2) is 13.8. The molecule has 7 heteroatoms. The minimum atomic E-state index is -0.628. The maximum atomic E-state index is 12.2. The zero-order valence-electron chi connectivity index (χ0n) is 26.1. The molecule has 7 nitrogen and oxygen atoms in total. The Hall–Kier alpha value is -4.27. The molecule has 0 bridgehead atoms.